The summed E-state index contributed by atoms with van der Waals surface area (Å²) in [7, 11) is 0. The van der Waals surface area contributed by atoms with Gasteiger partial charge in [-0.25, -0.2) is 0 Å². The van der Waals surface area contributed by atoms with Gasteiger partial charge in [-0.2, -0.15) is 0 Å². The average Bonchev–Trinajstić information content (AvgIpc) is 2.33. The van der Waals surface area contributed by atoms with Crippen LogP contribution in [0.4, 0.5) is 0 Å². The SMILES string of the molecule is Cc1ccc(Oc2ccc(C=O)c(C)c2)c(C)c1. The Bertz CT molecular complexity index is 586. The van der Waals surface area contributed by atoms with E-state index in [9.17, 15) is 4.79 Å². The molecule has 18 heavy (non-hydrogen) atoms. The predicted molar refractivity (Wildman–Crippen MR) is 72.6 cm³/mol. The van der Waals surface area contributed by atoms with E-state index >= 15 is 0 Å². The molecule has 0 bridgehead atoms. The summed E-state index contributed by atoms with van der Waals surface area (Å²) in [5.41, 5.74) is 3.94. The van der Waals surface area contributed by atoms with Gasteiger partial charge in [0, 0.05) is 5.56 Å². The predicted octanol–water partition coefficient (Wildman–Crippen LogP) is 4.22. The van der Waals surface area contributed by atoms with E-state index in [1.54, 1.807) is 6.07 Å². The highest BCUT2D eigenvalue weighted by molar-refractivity contribution is 5.77. The van der Waals surface area contributed by atoms with E-state index in [2.05, 4.69) is 13.0 Å². The molecule has 0 fully saturated rings. The third kappa shape index (κ3) is 2.59. The summed E-state index contributed by atoms with van der Waals surface area (Å²) < 4.78 is 5.83. The van der Waals surface area contributed by atoms with E-state index in [0.717, 1.165) is 28.9 Å². The van der Waals surface area contributed by atoms with Crippen LogP contribution in [-0.4, -0.2) is 6.29 Å². The first kappa shape index (κ1) is 12.4. The van der Waals surface area contributed by atoms with E-state index in [4.69, 9.17) is 4.74 Å². The molecule has 0 aliphatic rings. The Labute approximate surface area is 107 Å². The second-order valence-corrected chi connectivity index (χ2v) is 4.51. The van der Waals surface area contributed by atoms with E-state index in [1.165, 1.54) is 5.56 Å². The average molecular weight is 240 g/mol. The summed E-state index contributed by atoms with van der Waals surface area (Å²) in [5, 5.41) is 0. The van der Waals surface area contributed by atoms with E-state index < -0.39 is 0 Å². The third-order valence-electron chi connectivity index (χ3n) is 2.93. The van der Waals surface area contributed by atoms with Crippen LogP contribution >= 0.6 is 0 Å². The van der Waals surface area contributed by atoms with Gasteiger partial charge in [-0.15, -0.1) is 0 Å². The molecule has 2 aromatic carbocycles. The highest BCUT2D eigenvalue weighted by Gasteiger charge is 2.04. The zero-order valence-corrected chi connectivity index (χ0v) is 10.9. The van der Waals surface area contributed by atoms with Crippen LogP contribution in [0.25, 0.3) is 0 Å². The Hall–Kier alpha value is -2.09. The molecule has 0 aliphatic carbocycles. The van der Waals surface area contributed by atoms with Crippen molar-refractivity contribution in [2.24, 2.45) is 0 Å². The maximum Gasteiger partial charge on any atom is 0.150 e. The number of ether oxygens (including phenoxy) is 1. The molecule has 0 spiro atoms. The quantitative estimate of drug-likeness (QED) is 0.751. The Morgan fingerprint density at radius 1 is 0.944 bits per heavy atom. The second-order valence-electron chi connectivity index (χ2n) is 4.51. The lowest BCUT2D eigenvalue weighted by Crippen LogP contribution is -1.91. The van der Waals surface area contributed by atoms with E-state index in [-0.39, 0.29) is 0 Å². The third-order valence-corrected chi connectivity index (χ3v) is 2.93. The fourth-order valence-electron chi connectivity index (χ4n) is 1.88. The van der Waals surface area contributed by atoms with E-state index in [0.29, 0.717) is 5.56 Å². The molecule has 2 heteroatoms. The molecule has 0 amide bonds. The van der Waals surface area contributed by atoms with Gasteiger partial charge in [0.2, 0.25) is 0 Å². The van der Waals surface area contributed by atoms with Crippen LogP contribution in [0.3, 0.4) is 0 Å². The molecule has 0 aliphatic heterocycles. The van der Waals surface area contributed by atoms with Crippen LogP contribution in [0.15, 0.2) is 36.4 Å². The van der Waals surface area contributed by atoms with Crippen molar-refractivity contribution in [1.29, 1.82) is 0 Å². The fourth-order valence-corrected chi connectivity index (χ4v) is 1.88. The Morgan fingerprint density at radius 2 is 1.72 bits per heavy atom. The molecule has 0 saturated carbocycles. The standard InChI is InChI=1S/C16H16O2/c1-11-4-7-16(13(3)8-11)18-15-6-5-14(10-17)12(2)9-15/h4-10H,1-3H3. The molecule has 2 rings (SSSR count). The number of carbonyl (C=O) groups excluding carboxylic acids is 1. The van der Waals surface area contributed by atoms with Crippen molar-refractivity contribution >= 4 is 6.29 Å². The minimum atomic E-state index is 0.697. The normalized spacial score (nSPS) is 10.2. The van der Waals surface area contributed by atoms with Gasteiger partial charge in [0.25, 0.3) is 0 Å². The van der Waals surface area contributed by atoms with Crippen molar-refractivity contribution in [3.8, 4) is 11.5 Å². The molecule has 0 atom stereocenters. The Kier molecular flexibility index (Phi) is 3.47. The van der Waals surface area contributed by atoms with Gasteiger partial charge in [0.05, 0.1) is 0 Å². The van der Waals surface area contributed by atoms with Crippen LogP contribution in [0.1, 0.15) is 27.0 Å². The van der Waals surface area contributed by atoms with Crippen LogP contribution < -0.4 is 4.74 Å². The van der Waals surface area contributed by atoms with Gasteiger partial charge < -0.3 is 4.74 Å². The van der Waals surface area contributed by atoms with Crippen LogP contribution in [-0.2, 0) is 0 Å². The van der Waals surface area contributed by atoms with E-state index in [1.807, 2.05) is 38.1 Å². The number of hydrogen-bond donors (Lipinski definition) is 0. The van der Waals surface area contributed by atoms with Crippen LogP contribution in [0.2, 0.25) is 0 Å². The minimum absolute atomic E-state index is 0.697. The summed E-state index contributed by atoms with van der Waals surface area (Å²) in [5.74, 6) is 1.60. The number of aryl methyl sites for hydroxylation is 3. The summed E-state index contributed by atoms with van der Waals surface area (Å²) in [6, 6.07) is 11.5. The molecule has 0 aromatic heterocycles. The minimum Gasteiger partial charge on any atom is -0.457 e. The van der Waals surface area contributed by atoms with Crippen molar-refractivity contribution in [3.63, 3.8) is 0 Å². The highest BCUT2D eigenvalue weighted by atomic mass is 16.5. The van der Waals surface area contributed by atoms with Crippen molar-refractivity contribution < 1.29 is 9.53 Å². The summed E-state index contributed by atoms with van der Waals surface area (Å²) in [4.78, 5) is 10.7. The number of carbonyl (C=O) groups is 1. The van der Waals surface area contributed by atoms with Gasteiger partial charge in [-0.05, 0) is 56.2 Å². The zero-order chi connectivity index (χ0) is 13.1. The summed E-state index contributed by atoms with van der Waals surface area (Å²) >= 11 is 0. The first-order chi connectivity index (χ1) is 8.60. The molecule has 0 heterocycles. The first-order valence-electron chi connectivity index (χ1n) is 5.91. The number of aldehydes is 1. The molecule has 2 nitrogen and oxygen atoms in total. The second kappa shape index (κ2) is 5.05. The van der Waals surface area contributed by atoms with Crippen molar-refractivity contribution in [1.82, 2.24) is 0 Å². The van der Waals surface area contributed by atoms with Crippen molar-refractivity contribution in [2.45, 2.75) is 20.8 Å². The Morgan fingerprint density at radius 3 is 2.33 bits per heavy atom. The molecular formula is C16H16O2. The zero-order valence-electron chi connectivity index (χ0n) is 10.9. The van der Waals surface area contributed by atoms with Crippen molar-refractivity contribution in [3.05, 3.63) is 58.7 Å². The van der Waals surface area contributed by atoms with Gasteiger partial charge in [-0.1, -0.05) is 17.7 Å². The lowest BCUT2D eigenvalue weighted by Gasteiger charge is -2.10. The molecule has 92 valence electrons. The highest BCUT2D eigenvalue weighted by Crippen LogP contribution is 2.26. The maximum atomic E-state index is 10.7. The topological polar surface area (TPSA) is 26.3 Å². The summed E-state index contributed by atoms with van der Waals surface area (Å²) in [6.07, 6.45) is 0.857. The van der Waals surface area contributed by atoms with Gasteiger partial charge in [0.1, 0.15) is 17.8 Å². The maximum absolute atomic E-state index is 10.7. The van der Waals surface area contributed by atoms with Gasteiger partial charge >= 0.3 is 0 Å². The first-order valence-corrected chi connectivity index (χ1v) is 5.91. The van der Waals surface area contributed by atoms with Gasteiger partial charge in [-0.3, -0.25) is 4.79 Å². The summed E-state index contributed by atoms with van der Waals surface area (Å²) in [6.45, 7) is 5.98. The largest absolute Gasteiger partial charge is 0.457 e. The smallest absolute Gasteiger partial charge is 0.150 e. The fraction of sp³-hybridized carbons (Fsp3) is 0.188. The van der Waals surface area contributed by atoms with Gasteiger partial charge in [0.15, 0.2) is 0 Å². The lowest BCUT2D eigenvalue weighted by atomic mass is 10.1. The number of rotatable bonds is 3. The molecule has 0 radical (unpaired) electrons. The van der Waals surface area contributed by atoms with Crippen LogP contribution in [0, 0.1) is 20.8 Å². The Balaban J connectivity index is 2.28. The molecule has 0 saturated heterocycles. The number of benzene rings is 2. The lowest BCUT2D eigenvalue weighted by molar-refractivity contribution is 0.112. The molecule has 0 unspecified atom stereocenters. The number of hydrogen-bond acceptors (Lipinski definition) is 2. The van der Waals surface area contributed by atoms with Crippen molar-refractivity contribution in [2.75, 3.05) is 0 Å². The molecule has 0 N–H and O–H groups in total. The van der Waals surface area contributed by atoms with Crippen LogP contribution in [0.5, 0.6) is 11.5 Å². The molecular weight excluding hydrogens is 224 g/mol. The molecule has 2 aromatic rings. The monoisotopic (exact) mass is 240 g/mol.